The van der Waals surface area contributed by atoms with Gasteiger partial charge in [-0.25, -0.2) is 9.97 Å². The van der Waals surface area contributed by atoms with Gasteiger partial charge in [-0.2, -0.15) is 0 Å². The van der Waals surface area contributed by atoms with E-state index in [0.717, 1.165) is 66.2 Å². The number of nitrogens with zero attached hydrogens (tertiary/aromatic N) is 4. The fourth-order valence-corrected chi connectivity index (χ4v) is 8.63. The van der Waals surface area contributed by atoms with Crippen molar-refractivity contribution < 1.29 is 4.42 Å². The first-order valence-corrected chi connectivity index (χ1v) is 17.9. The highest BCUT2D eigenvalue weighted by Gasteiger charge is 2.22. The average molecular weight is 677 g/mol. The Morgan fingerprint density at radius 2 is 1.09 bits per heavy atom. The van der Waals surface area contributed by atoms with E-state index in [1.165, 1.54) is 38.0 Å². The third kappa shape index (κ3) is 3.96. The molecule has 5 nitrogen and oxygen atoms in total. The molecule has 12 aromatic rings. The summed E-state index contributed by atoms with van der Waals surface area (Å²) in [5, 5.41) is 10.3. The summed E-state index contributed by atoms with van der Waals surface area (Å²) in [6, 6.07) is 60.0. The molecule has 0 atom stereocenters. The van der Waals surface area contributed by atoms with Crippen molar-refractivity contribution in [2.24, 2.45) is 0 Å². The van der Waals surface area contributed by atoms with Crippen molar-refractivity contribution in [3.8, 4) is 22.9 Å². The Hall–Kier alpha value is -7.24. The molecule has 246 valence electrons. The zero-order valence-corrected chi connectivity index (χ0v) is 28.4. The molecule has 0 amide bonds. The lowest BCUT2D eigenvalue weighted by Crippen LogP contribution is -2.04. The van der Waals surface area contributed by atoms with Gasteiger partial charge in [-0.3, -0.25) is 4.57 Å². The Labute approximate surface area is 302 Å². The molecule has 0 radical (unpaired) electrons. The molecule has 0 aliphatic rings. The first kappa shape index (κ1) is 28.5. The van der Waals surface area contributed by atoms with Crippen LogP contribution in [0.2, 0.25) is 0 Å². The highest BCUT2D eigenvalue weighted by Crippen LogP contribution is 2.41. The van der Waals surface area contributed by atoms with Crippen molar-refractivity contribution in [3.05, 3.63) is 170 Å². The van der Waals surface area contributed by atoms with Crippen molar-refractivity contribution in [3.63, 3.8) is 0 Å². The van der Waals surface area contributed by atoms with E-state index in [1.54, 1.807) is 0 Å². The third-order valence-corrected chi connectivity index (χ3v) is 10.9. The van der Waals surface area contributed by atoms with Crippen molar-refractivity contribution in [2.45, 2.75) is 0 Å². The Morgan fingerprint density at radius 3 is 1.92 bits per heavy atom. The van der Waals surface area contributed by atoms with Crippen LogP contribution in [0.4, 0.5) is 0 Å². The normalized spacial score (nSPS) is 12.2. The Bertz CT molecular complexity index is 3420. The summed E-state index contributed by atoms with van der Waals surface area (Å²) in [5.74, 6) is 0.612. The lowest BCUT2D eigenvalue weighted by molar-refractivity contribution is 0.670. The van der Waals surface area contributed by atoms with E-state index in [2.05, 4.69) is 161 Å². The van der Waals surface area contributed by atoms with Gasteiger partial charge >= 0.3 is 0 Å². The molecular weight excluding hydrogens is 649 g/mol. The van der Waals surface area contributed by atoms with Gasteiger partial charge in [0.25, 0.3) is 0 Å². The van der Waals surface area contributed by atoms with Crippen molar-refractivity contribution >= 4 is 87.2 Å². The predicted octanol–water partition coefficient (Wildman–Crippen LogP) is 12.5. The van der Waals surface area contributed by atoms with Crippen LogP contribution >= 0.6 is 0 Å². The van der Waals surface area contributed by atoms with E-state index in [4.69, 9.17) is 14.4 Å². The van der Waals surface area contributed by atoms with Gasteiger partial charge in [0.05, 0.1) is 33.3 Å². The molecule has 0 N–H and O–H groups in total. The second-order valence-electron chi connectivity index (χ2n) is 13.8. The smallest absolute Gasteiger partial charge is 0.235 e. The second kappa shape index (κ2) is 10.6. The number of para-hydroxylation sites is 5. The minimum Gasteiger partial charge on any atom is -0.455 e. The molecule has 5 heteroatoms. The van der Waals surface area contributed by atoms with Crippen LogP contribution in [-0.2, 0) is 0 Å². The zero-order chi connectivity index (χ0) is 34.6. The molecular formula is C48H28N4O. The molecule has 53 heavy (non-hydrogen) atoms. The van der Waals surface area contributed by atoms with E-state index in [-0.39, 0.29) is 0 Å². The molecule has 0 bridgehead atoms. The number of benzene rings is 8. The van der Waals surface area contributed by atoms with Crippen LogP contribution in [0.25, 0.3) is 110 Å². The highest BCUT2D eigenvalue weighted by molar-refractivity contribution is 6.22. The molecule has 4 aromatic heterocycles. The van der Waals surface area contributed by atoms with Crippen LogP contribution < -0.4 is 0 Å². The zero-order valence-electron chi connectivity index (χ0n) is 28.4. The van der Waals surface area contributed by atoms with Gasteiger partial charge in [0.15, 0.2) is 0 Å². The van der Waals surface area contributed by atoms with Gasteiger partial charge in [0.2, 0.25) is 5.95 Å². The fourth-order valence-electron chi connectivity index (χ4n) is 8.63. The molecule has 0 unspecified atom stereocenters. The first-order chi connectivity index (χ1) is 26.3. The molecule has 4 heterocycles. The van der Waals surface area contributed by atoms with Crippen LogP contribution in [0.15, 0.2) is 174 Å². The Balaban J connectivity index is 1.21. The maximum atomic E-state index is 6.56. The maximum Gasteiger partial charge on any atom is 0.235 e. The molecule has 0 aliphatic carbocycles. The minimum atomic E-state index is 0.612. The van der Waals surface area contributed by atoms with Gasteiger partial charge in [0.1, 0.15) is 11.2 Å². The number of furan rings is 1. The molecule has 0 aliphatic heterocycles. The van der Waals surface area contributed by atoms with E-state index in [0.29, 0.717) is 5.95 Å². The SMILES string of the molecule is c1ccc2c(c1)ccc1c2c2ccc(-n3c4ccccc4c4ccccc43)cc2n1-c1nc(-c2cccc3c2oc2ccccc23)c2ccccc2n1. The fraction of sp³-hybridized carbons (Fsp3) is 0. The lowest BCUT2D eigenvalue weighted by atomic mass is 10.0. The molecule has 0 saturated heterocycles. The molecule has 0 saturated carbocycles. The Kier molecular flexibility index (Phi) is 5.71. The van der Waals surface area contributed by atoms with Gasteiger partial charge in [-0.15, -0.1) is 0 Å². The number of aromatic nitrogens is 4. The van der Waals surface area contributed by atoms with Crippen LogP contribution in [0.5, 0.6) is 0 Å². The summed E-state index contributed by atoms with van der Waals surface area (Å²) >= 11 is 0. The summed E-state index contributed by atoms with van der Waals surface area (Å²) in [4.78, 5) is 10.8. The van der Waals surface area contributed by atoms with E-state index in [1.807, 2.05) is 18.2 Å². The van der Waals surface area contributed by atoms with Gasteiger partial charge in [-0.05, 0) is 59.3 Å². The summed E-state index contributed by atoms with van der Waals surface area (Å²) in [7, 11) is 0. The van der Waals surface area contributed by atoms with Crippen LogP contribution in [0.3, 0.4) is 0 Å². The number of hydrogen-bond acceptors (Lipinski definition) is 3. The van der Waals surface area contributed by atoms with Gasteiger partial charge in [0, 0.05) is 49.0 Å². The molecule has 0 fully saturated rings. The highest BCUT2D eigenvalue weighted by atomic mass is 16.3. The average Bonchev–Trinajstić information content (AvgIpc) is 3.88. The quantitative estimate of drug-likeness (QED) is 0.187. The van der Waals surface area contributed by atoms with Gasteiger partial charge < -0.3 is 8.98 Å². The second-order valence-corrected chi connectivity index (χ2v) is 13.8. The standard InChI is InChI=1S/C48H28N4O/c1-2-13-31-29(12-1)24-27-42-45(31)37-26-25-30(51-40-21-8-4-14-32(40)33-15-5-9-22-41(33)51)28-43(37)52(42)48-49-39-20-7-3-17-36(39)46(50-48)38-19-11-18-35-34-16-6-10-23-44(34)53-47(35)38/h1-28H. The minimum absolute atomic E-state index is 0.612. The van der Waals surface area contributed by atoms with Crippen LogP contribution in [0.1, 0.15) is 0 Å². The van der Waals surface area contributed by atoms with Crippen LogP contribution in [-0.4, -0.2) is 19.1 Å². The summed E-state index contributed by atoms with van der Waals surface area (Å²) in [6.45, 7) is 0. The Morgan fingerprint density at radius 1 is 0.415 bits per heavy atom. The van der Waals surface area contributed by atoms with Crippen molar-refractivity contribution in [1.82, 2.24) is 19.1 Å². The third-order valence-electron chi connectivity index (χ3n) is 10.9. The summed E-state index contributed by atoms with van der Waals surface area (Å²) in [5.41, 5.74) is 9.85. The molecule has 0 spiro atoms. The summed E-state index contributed by atoms with van der Waals surface area (Å²) in [6.07, 6.45) is 0. The van der Waals surface area contributed by atoms with E-state index >= 15 is 0 Å². The van der Waals surface area contributed by atoms with E-state index < -0.39 is 0 Å². The first-order valence-electron chi connectivity index (χ1n) is 17.9. The largest absolute Gasteiger partial charge is 0.455 e. The molecule has 12 rings (SSSR count). The maximum absolute atomic E-state index is 6.56. The number of fused-ring (bicyclic) bond motifs is 12. The van der Waals surface area contributed by atoms with Gasteiger partial charge in [-0.1, -0.05) is 121 Å². The topological polar surface area (TPSA) is 48.8 Å². The monoisotopic (exact) mass is 676 g/mol. The van der Waals surface area contributed by atoms with Crippen LogP contribution in [0, 0.1) is 0 Å². The van der Waals surface area contributed by atoms with Crippen molar-refractivity contribution in [2.75, 3.05) is 0 Å². The number of hydrogen-bond donors (Lipinski definition) is 0. The lowest BCUT2D eigenvalue weighted by Gasteiger charge is -2.13. The predicted molar refractivity (Wildman–Crippen MR) is 218 cm³/mol. The molecule has 8 aromatic carbocycles. The summed E-state index contributed by atoms with van der Waals surface area (Å²) < 4.78 is 11.2. The van der Waals surface area contributed by atoms with E-state index in [9.17, 15) is 0 Å². The number of rotatable bonds is 3. The van der Waals surface area contributed by atoms with Crippen molar-refractivity contribution in [1.29, 1.82) is 0 Å².